The van der Waals surface area contributed by atoms with Crippen LogP contribution in [0.15, 0.2) is 6.07 Å². The minimum absolute atomic E-state index is 0.707. The smallest absolute Gasteiger partial charge is 0.0328 e. The average Bonchev–Trinajstić information content (AvgIpc) is 2.58. The van der Waals surface area contributed by atoms with Crippen LogP contribution in [0.3, 0.4) is 0 Å². The van der Waals surface area contributed by atoms with Crippen LogP contribution in [0.2, 0.25) is 0 Å². The lowest BCUT2D eigenvalue weighted by Crippen LogP contribution is -2.46. The van der Waals surface area contributed by atoms with Gasteiger partial charge in [-0.05, 0) is 44.9 Å². The van der Waals surface area contributed by atoms with E-state index < -0.39 is 0 Å². The van der Waals surface area contributed by atoms with Crippen molar-refractivity contribution in [2.75, 3.05) is 20.1 Å². The summed E-state index contributed by atoms with van der Waals surface area (Å²) in [6, 6.07) is 3.06. The molecule has 0 spiro atoms. The number of hydrogen-bond donors (Lipinski definition) is 1. The normalized spacial score (nSPS) is 26.4. The maximum absolute atomic E-state index is 3.43. The first kappa shape index (κ1) is 13.1. The summed E-state index contributed by atoms with van der Waals surface area (Å²) < 4.78 is 0. The van der Waals surface area contributed by atoms with Gasteiger partial charge in [0.15, 0.2) is 0 Å². The van der Waals surface area contributed by atoms with E-state index in [4.69, 9.17) is 0 Å². The first-order chi connectivity index (χ1) is 8.10. The molecule has 1 aromatic rings. The van der Waals surface area contributed by atoms with Crippen molar-refractivity contribution in [2.45, 2.75) is 39.8 Å². The van der Waals surface area contributed by atoms with Crippen molar-refractivity contribution >= 4 is 11.3 Å². The predicted molar refractivity (Wildman–Crippen MR) is 75.7 cm³/mol. The van der Waals surface area contributed by atoms with Crippen LogP contribution in [0.5, 0.6) is 0 Å². The highest BCUT2D eigenvalue weighted by Crippen LogP contribution is 2.24. The fourth-order valence-corrected chi connectivity index (χ4v) is 3.85. The quantitative estimate of drug-likeness (QED) is 0.890. The molecule has 2 unspecified atom stereocenters. The molecule has 2 rings (SSSR count). The number of rotatable bonds is 3. The summed E-state index contributed by atoms with van der Waals surface area (Å²) >= 11 is 1.96. The Kier molecular flexibility index (Phi) is 4.23. The molecule has 0 aromatic carbocycles. The van der Waals surface area contributed by atoms with Crippen LogP contribution in [0, 0.1) is 19.8 Å². The monoisotopic (exact) mass is 252 g/mol. The van der Waals surface area contributed by atoms with Gasteiger partial charge in [0.1, 0.15) is 0 Å². The van der Waals surface area contributed by atoms with Crippen LogP contribution in [-0.2, 0) is 6.54 Å². The lowest BCUT2D eigenvalue weighted by atomic mass is 9.94. The molecule has 17 heavy (non-hydrogen) atoms. The second-order valence-electron chi connectivity index (χ2n) is 5.35. The SMILES string of the molecule is CNC1CCN(Cc2cc(C)c(C)s2)CC1C. The zero-order valence-corrected chi connectivity index (χ0v) is 12.2. The number of piperidine rings is 1. The van der Waals surface area contributed by atoms with Gasteiger partial charge in [0.05, 0.1) is 0 Å². The van der Waals surface area contributed by atoms with Gasteiger partial charge >= 0.3 is 0 Å². The molecule has 0 aliphatic carbocycles. The van der Waals surface area contributed by atoms with E-state index in [-0.39, 0.29) is 0 Å². The molecule has 1 saturated heterocycles. The maximum atomic E-state index is 3.43. The van der Waals surface area contributed by atoms with E-state index in [1.807, 2.05) is 11.3 Å². The lowest BCUT2D eigenvalue weighted by molar-refractivity contribution is 0.146. The molecule has 1 fully saturated rings. The lowest BCUT2D eigenvalue weighted by Gasteiger charge is -2.36. The van der Waals surface area contributed by atoms with Crippen LogP contribution in [0.25, 0.3) is 0 Å². The molecule has 1 aliphatic rings. The molecule has 1 aliphatic heterocycles. The van der Waals surface area contributed by atoms with Crippen molar-refractivity contribution in [3.05, 3.63) is 21.4 Å². The van der Waals surface area contributed by atoms with Gasteiger partial charge in [0.25, 0.3) is 0 Å². The topological polar surface area (TPSA) is 15.3 Å². The third kappa shape index (κ3) is 3.09. The molecule has 96 valence electrons. The van der Waals surface area contributed by atoms with Crippen molar-refractivity contribution < 1.29 is 0 Å². The van der Waals surface area contributed by atoms with Crippen LogP contribution >= 0.6 is 11.3 Å². The van der Waals surface area contributed by atoms with Crippen molar-refractivity contribution in [1.82, 2.24) is 10.2 Å². The molecule has 0 saturated carbocycles. The highest BCUT2D eigenvalue weighted by Gasteiger charge is 2.24. The first-order valence-corrected chi connectivity index (χ1v) is 7.37. The number of aryl methyl sites for hydroxylation is 2. The Balaban J connectivity index is 1.92. The standard InChI is InChI=1S/C14H24N2S/c1-10-7-13(17-12(10)3)9-16-6-5-14(15-4)11(2)8-16/h7,11,14-15H,5-6,8-9H2,1-4H3. The highest BCUT2D eigenvalue weighted by atomic mass is 32.1. The van der Waals surface area contributed by atoms with Gasteiger partial charge in [0.2, 0.25) is 0 Å². The van der Waals surface area contributed by atoms with Gasteiger partial charge in [-0.1, -0.05) is 6.92 Å². The largest absolute Gasteiger partial charge is 0.317 e. The van der Waals surface area contributed by atoms with E-state index in [9.17, 15) is 0 Å². The van der Waals surface area contributed by atoms with Gasteiger partial charge in [-0.3, -0.25) is 4.90 Å². The summed E-state index contributed by atoms with van der Waals surface area (Å²) in [6.07, 6.45) is 1.28. The fourth-order valence-electron chi connectivity index (χ4n) is 2.75. The van der Waals surface area contributed by atoms with Crippen molar-refractivity contribution in [3.63, 3.8) is 0 Å². The van der Waals surface area contributed by atoms with Gasteiger partial charge in [-0.15, -0.1) is 11.3 Å². The summed E-state index contributed by atoms with van der Waals surface area (Å²) in [6.45, 7) is 10.4. The molecule has 1 aromatic heterocycles. The third-order valence-electron chi connectivity index (χ3n) is 3.96. The fraction of sp³-hybridized carbons (Fsp3) is 0.714. The van der Waals surface area contributed by atoms with Crippen LogP contribution in [0.1, 0.15) is 28.7 Å². The third-order valence-corrected chi connectivity index (χ3v) is 5.09. The molecule has 0 bridgehead atoms. The van der Waals surface area contributed by atoms with Crippen LogP contribution < -0.4 is 5.32 Å². The Bertz CT molecular complexity index is 353. The summed E-state index contributed by atoms with van der Waals surface area (Å²) in [5, 5.41) is 3.43. The Morgan fingerprint density at radius 3 is 2.76 bits per heavy atom. The average molecular weight is 252 g/mol. The second-order valence-corrected chi connectivity index (χ2v) is 6.69. The Morgan fingerprint density at radius 1 is 1.47 bits per heavy atom. The van der Waals surface area contributed by atoms with E-state index in [2.05, 4.69) is 44.1 Å². The number of nitrogens with one attached hydrogen (secondary N) is 1. The molecule has 0 amide bonds. The molecular weight excluding hydrogens is 228 g/mol. The molecule has 2 heterocycles. The van der Waals surface area contributed by atoms with E-state index >= 15 is 0 Å². The zero-order chi connectivity index (χ0) is 12.4. The number of hydrogen-bond acceptors (Lipinski definition) is 3. The number of thiophene rings is 1. The van der Waals surface area contributed by atoms with E-state index in [1.54, 1.807) is 0 Å². The van der Waals surface area contributed by atoms with E-state index in [0.29, 0.717) is 6.04 Å². The minimum atomic E-state index is 0.707. The van der Waals surface area contributed by atoms with Crippen LogP contribution in [0.4, 0.5) is 0 Å². The van der Waals surface area contributed by atoms with Gasteiger partial charge < -0.3 is 5.32 Å². The Morgan fingerprint density at radius 2 is 2.24 bits per heavy atom. The molecule has 2 atom stereocenters. The predicted octanol–water partition coefficient (Wildman–Crippen LogP) is 2.79. The second kappa shape index (κ2) is 5.51. The van der Waals surface area contributed by atoms with Crippen molar-refractivity contribution in [2.24, 2.45) is 5.92 Å². The van der Waals surface area contributed by atoms with Gasteiger partial charge in [-0.2, -0.15) is 0 Å². The van der Waals surface area contributed by atoms with Gasteiger partial charge in [0, 0.05) is 35.4 Å². The minimum Gasteiger partial charge on any atom is -0.317 e. The summed E-state index contributed by atoms with van der Waals surface area (Å²) in [5.74, 6) is 0.760. The van der Waals surface area contributed by atoms with E-state index in [1.165, 1.54) is 34.8 Å². The van der Waals surface area contributed by atoms with Gasteiger partial charge in [-0.25, -0.2) is 0 Å². The molecule has 3 heteroatoms. The highest BCUT2D eigenvalue weighted by molar-refractivity contribution is 7.12. The molecular formula is C14H24N2S. The summed E-state index contributed by atoms with van der Waals surface area (Å²) in [7, 11) is 2.09. The zero-order valence-electron chi connectivity index (χ0n) is 11.4. The van der Waals surface area contributed by atoms with Crippen molar-refractivity contribution in [3.8, 4) is 0 Å². The number of nitrogens with zero attached hydrogens (tertiary/aromatic N) is 1. The molecule has 1 N–H and O–H groups in total. The molecule has 2 nitrogen and oxygen atoms in total. The maximum Gasteiger partial charge on any atom is 0.0328 e. The number of likely N-dealkylation sites (tertiary alicyclic amines) is 1. The Labute approximate surface area is 109 Å². The summed E-state index contributed by atoms with van der Waals surface area (Å²) in [5.41, 5.74) is 1.45. The molecule has 0 radical (unpaired) electrons. The van der Waals surface area contributed by atoms with E-state index in [0.717, 1.165) is 12.5 Å². The van der Waals surface area contributed by atoms with Crippen LogP contribution in [-0.4, -0.2) is 31.1 Å². The summed E-state index contributed by atoms with van der Waals surface area (Å²) in [4.78, 5) is 5.59. The van der Waals surface area contributed by atoms with Crippen molar-refractivity contribution in [1.29, 1.82) is 0 Å². The Hall–Kier alpha value is -0.380. The first-order valence-electron chi connectivity index (χ1n) is 6.55.